The number of hydroxylamine groups is 2. The van der Waals surface area contributed by atoms with Gasteiger partial charge in [0.2, 0.25) is 0 Å². The van der Waals surface area contributed by atoms with Crippen LogP contribution in [0.15, 0.2) is 0 Å². The zero-order chi connectivity index (χ0) is 12.2. The monoisotopic (exact) mass is 219 g/mol. The quantitative estimate of drug-likeness (QED) is 0.535. The highest BCUT2D eigenvalue weighted by Gasteiger charge is 2.38. The van der Waals surface area contributed by atoms with Gasteiger partial charge in [0.05, 0.1) is 11.1 Å². The van der Waals surface area contributed by atoms with E-state index in [0.29, 0.717) is 11.1 Å². The summed E-state index contributed by atoms with van der Waals surface area (Å²) in [6.07, 6.45) is 0. The van der Waals surface area contributed by atoms with Crippen molar-refractivity contribution in [1.82, 2.24) is 5.06 Å². The topological polar surface area (TPSA) is 57.6 Å². The molecule has 0 saturated heterocycles. The zero-order valence-corrected chi connectivity index (χ0v) is 9.71. The van der Waals surface area contributed by atoms with Crippen LogP contribution in [0.2, 0.25) is 0 Å². The number of rotatable bonds is 0. The second-order valence-electron chi connectivity index (χ2n) is 4.17. The van der Waals surface area contributed by atoms with Crippen molar-refractivity contribution in [3.05, 3.63) is 33.4 Å². The summed E-state index contributed by atoms with van der Waals surface area (Å²) >= 11 is 0. The molecule has 1 aliphatic heterocycles. The van der Waals surface area contributed by atoms with E-state index in [2.05, 4.69) is 0 Å². The summed E-state index contributed by atoms with van der Waals surface area (Å²) in [6.45, 7) is 7.42. The molecule has 1 heterocycles. The second kappa shape index (κ2) is 3.15. The van der Waals surface area contributed by atoms with Gasteiger partial charge in [-0.1, -0.05) is 0 Å². The van der Waals surface area contributed by atoms with Crippen molar-refractivity contribution in [2.24, 2.45) is 0 Å². The number of hydrogen-bond acceptors (Lipinski definition) is 3. The largest absolute Gasteiger partial charge is 0.285 e. The van der Waals surface area contributed by atoms with Gasteiger partial charge in [0, 0.05) is 0 Å². The molecule has 1 N–H and O–H groups in total. The van der Waals surface area contributed by atoms with E-state index >= 15 is 0 Å². The van der Waals surface area contributed by atoms with E-state index in [4.69, 9.17) is 0 Å². The first-order chi connectivity index (χ1) is 7.37. The number of carbonyl (C=O) groups excluding carboxylic acids is 2. The Balaban J connectivity index is 2.91. The number of hydrogen-bond donors (Lipinski definition) is 1. The molecule has 0 atom stereocenters. The maximum atomic E-state index is 11.7. The second-order valence-corrected chi connectivity index (χ2v) is 4.17. The minimum atomic E-state index is -0.622. The van der Waals surface area contributed by atoms with E-state index in [1.165, 1.54) is 0 Å². The van der Waals surface area contributed by atoms with Crippen LogP contribution in [0.4, 0.5) is 0 Å². The van der Waals surface area contributed by atoms with Gasteiger partial charge in [-0.15, -0.1) is 5.06 Å². The third kappa shape index (κ3) is 1.08. The Hall–Kier alpha value is -1.68. The fourth-order valence-corrected chi connectivity index (χ4v) is 2.15. The van der Waals surface area contributed by atoms with Crippen molar-refractivity contribution in [1.29, 1.82) is 0 Å². The average Bonchev–Trinajstić information content (AvgIpc) is 2.48. The molecule has 0 radical (unpaired) electrons. The van der Waals surface area contributed by atoms with Gasteiger partial charge < -0.3 is 0 Å². The maximum absolute atomic E-state index is 11.7. The van der Waals surface area contributed by atoms with Crippen LogP contribution in [0.1, 0.15) is 43.0 Å². The van der Waals surface area contributed by atoms with Gasteiger partial charge in [-0.3, -0.25) is 14.8 Å². The zero-order valence-electron chi connectivity index (χ0n) is 9.71. The van der Waals surface area contributed by atoms with Gasteiger partial charge in [0.1, 0.15) is 0 Å². The smallest absolute Gasteiger partial charge is 0.278 e. The fourth-order valence-electron chi connectivity index (χ4n) is 2.15. The Morgan fingerprint density at radius 3 is 1.38 bits per heavy atom. The molecule has 1 aromatic carbocycles. The molecular weight excluding hydrogens is 206 g/mol. The lowest BCUT2D eigenvalue weighted by Crippen LogP contribution is -2.25. The van der Waals surface area contributed by atoms with Crippen LogP contribution in [-0.4, -0.2) is 22.1 Å². The number of fused-ring (bicyclic) bond motifs is 1. The van der Waals surface area contributed by atoms with Gasteiger partial charge in [-0.05, 0) is 49.9 Å². The van der Waals surface area contributed by atoms with Gasteiger partial charge in [0.15, 0.2) is 0 Å². The van der Waals surface area contributed by atoms with Crippen molar-refractivity contribution in [2.45, 2.75) is 27.7 Å². The molecule has 0 bridgehead atoms. The highest BCUT2D eigenvalue weighted by Crippen LogP contribution is 2.32. The minimum Gasteiger partial charge on any atom is -0.278 e. The predicted molar refractivity (Wildman–Crippen MR) is 57.7 cm³/mol. The lowest BCUT2D eigenvalue weighted by molar-refractivity contribution is -0.0327. The summed E-state index contributed by atoms with van der Waals surface area (Å²) in [5.74, 6) is -1.24. The van der Waals surface area contributed by atoms with Crippen LogP contribution in [0.25, 0.3) is 0 Å². The van der Waals surface area contributed by atoms with Crippen LogP contribution in [0.3, 0.4) is 0 Å². The molecule has 0 aromatic heterocycles. The Kier molecular flexibility index (Phi) is 2.13. The fraction of sp³-hybridized carbons (Fsp3) is 0.333. The van der Waals surface area contributed by atoms with Crippen molar-refractivity contribution in [3.63, 3.8) is 0 Å². The molecule has 0 fully saturated rings. The normalized spacial score (nSPS) is 14.7. The molecule has 4 heteroatoms. The van der Waals surface area contributed by atoms with E-state index in [1.54, 1.807) is 13.8 Å². The van der Waals surface area contributed by atoms with Gasteiger partial charge >= 0.3 is 0 Å². The van der Waals surface area contributed by atoms with Crippen molar-refractivity contribution in [2.75, 3.05) is 0 Å². The van der Waals surface area contributed by atoms with Crippen LogP contribution >= 0.6 is 0 Å². The SMILES string of the molecule is Cc1c(C)c(C)c2c(c1C)C(=O)N(O)C2=O. The Bertz CT molecular complexity index is 485. The van der Waals surface area contributed by atoms with Crippen LogP contribution < -0.4 is 0 Å². The van der Waals surface area contributed by atoms with E-state index in [-0.39, 0.29) is 5.06 Å². The number of amides is 2. The highest BCUT2D eigenvalue weighted by molar-refractivity contribution is 6.22. The third-order valence-corrected chi connectivity index (χ3v) is 3.50. The molecule has 0 saturated carbocycles. The summed E-state index contributed by atoms with van der Waals surface area (Å²) in [5.41, 5.74) is 4.21. The van der Waals surface area contributed by atoms with E-state index in [0.717, 1.165) is 22.3 Å². The number of imide groups is 1. The standard InChI is InChI=1S/C12H13NO3/c1-5-6(2)8(4)10-9(7(5)3)11(14)13(16)12(10)15/h16H,1-4H3. The molecule has 16 heavy (non-hydrogen) atoms. The van der Waals surface area contributed by atoms with Crippen LogP contribution in [-0.2, 0) is 0 Å². The molecule has 2 rings (SSSR count). The summed E-state index contributed by atoms with van der Waals surface area (Å²) in [6, 6.07) is 0. The van der Waals surface area contributed by atoms with Gasteiger partial charge in [-0.2, -0.15) is 0 Å². The summed E-state index contributed by atoms with van der Waals surface area (Å²) < 4.78 is 0. The molecule has 1 aromatic rings. The van der Waals surface area contributed by atoms with E-state index < -0.39 is 11.8 Å². The first-order valence-electron chi connectivity index (χ1n) is 5.06. The molecule has 2 amide bonds. The van der Waals surface area contributed by atoms with Crippen molar-refractivity contribution in [3.8, 4) is 0 Å². The van der Waals surface area contributed by atoms with Gasteiger partial charge in [0.25, 0.3) is 11.8 Å². The summed E-state index contributed by atoms with van der Waals surface area (Å²) in [7, 11) is 0. The maximum Gasteiger partial charge on any atom is 0.285 e. The molecule has 1 aliphatic rings. The Morgan fingerprint density at radius 1 is 0.750 bits per heavy atom. The predicted octanol–water partition coefficient (Wildman–Crippen LogP) is 1.91. The third-order valence-electron chi connectivity index (χ3n) is 3.50. The highest BCUT2D eigenvalue weighted by atomic mass is 16.5. The first-order valence-corrected chi connectivity index (χ1v) is 5.06. The Morgan fingerprint density at radius 2 is 1.06 bits per heavy atom. The van der Waals surface area contributed by atoms with E-state index in [9.17, 15) is 14.8 Å². The summed E-state index contributed by atoms with van der Waals surface area (Å²) in [4.78, 5) is 23.4. The molecule has 84 valence electrons. The number of nitrogens with zero attached hydrogens (tertiary/aromatic N) is 1. The molecule has 0 unspecified atom stereocenters. The van der Waals surface area contributed by atoms with Crippen molar-refractivity contribution < 1.29 is 14.8 Å². The minimum absolute atomic E-state index is 0.198. The van der Waals surface area contributed by atoms with Crippen LogP contribution in [0, 0.1) is 27.7 Å². The number of carbonyl (C=O) groups is 2. The molecule has 0 aliphatic carbocycles. The molecule has 4 nitrogen and oxygen atoms in total. The Labute approximate surface area is 93.4 Å². The first kappa shape index (κ1) is 10.8. The average molecular weight is 219 g/mol. The molecule has 0 spiro atoms. The lowest BCUT2D eigenvalue weighted by atomic mass is 9.90. The van der Waals surface area contributed by atoms with E-state index in [1.807, 2.05) is 13.8 Å². The molecular formula is C12H13NO3. The summed E-state index contributed by atoms with van der Waals surface area (Å²) in [5, 5.41) is 9.55. The van der Waals surface area contributed by atoms with Crippen molar-refractivity contribution >= 4 is 11.8 Å². The van der Waals surface area contributed by atoms with Crippen LogP contribution in [0.5, 0.6) is 0 Å². The lowest BCUT2D eigenvalue weighted by Gasteiger charge is -2.12. The van der Waals surface area contributed by atoms with Gasteiger partial charge in [-0.25, -0.2) is 0 Å². The number of benzene rings is 1.